The number of benzene rings is 1. The van der Waals surface area contributed by atoms with Gasteiger partial charge in [-0.3, -0.25) is 4.79 Å². The van der Waals surface area contributed by atoms with Gasteiger partial charge in [0, 0.05) is 11.8 Å². The van der Waals surface area contributed by atoms with E-state index in [0.29, 0.717) is 22.4 Å². The van der Waals surface area contributed by atoms with E-state index in [1.165, 1.54) is 0 Å². The number of hydrogen-bond donors (Lipinski definition) is 1. The summed E-state index contributed by atoms with van der Waals surface area (Å²) in [5.41, 5.74) is 0.535. The number of rotatable bonds is 4. The van der Waals surface area contributed by atoms with Gasteiger partial charge in [-0.05, 0) is 18.4 Å². The minimum absolute atomic E-state index is 0.110. The van der Waals surface area contributed by atoms with Crippen molar-refractivity contribution in [3.05, 3.63) is 34.9 Å². The molecule has 15 heavy (non-hydrogen) atoms. The highest BCUT2D eigenvalue weighted by molar-refractivity contribution is 7.99. The van der Waals surface area contributed by atoms with Crippen LogP contribution in [0.1, 0.15) is 17.3 Å². The highest BCUT2D eigenvalue weighted by Crippen LogP contribution is 2.14. The predicted octanol–water partition coefficient (Wildman–Crippen LogP) is 2.82. The zero-order valence-electron chi connectivity index (χ0n) is 8.79. The molecule has 0 aliphatic carbocycles. The highest BCUT2D eigenvalue weighted by atomic mass is 35.5. The van der Waals surface area contributed by atoms with E-state index in [1.54, 1.807) is 30.0 Å². The Hall–Kier alpha value is -0.670. The second kappa shape index (κ2) is 6.03. The molecule has 0 saturated carbocycles. The van der Waals surface area contributed by atoms with Crippen LogP contribution in [0.2, 0.25) is 5.02 Å². The van der Waals surface area contributed by atoms with Gasteiger partial charge in [-0.25, -0.2) is 0 Å². The number of carbonyl (C=O) groups is 1. The van der Waals surface area contributed by atoms with Gasteiger partial charge in [-0.2, -0.15) is 11.8 Å². The minimum Gasteiger partial charge on any atom is -0.351 e. The molecule has 4 heteroatoms. The summed E-state index contributed by atoms with van der Waals surface area (Å²) in [5.74, 6) is -0.110. The lowest BCUT2D eigenvalue weighted by Crippen LogP contribution is -2.29. The van der Waals surface area contributed by atoms with Crippen molar-refractivity contribution in [1.82, 2.24) is 5.32 Å². The molecule has 1 aromatic carbocycles. The summed E-state index contributed by atoms with van der Waals surface area (Å²) in [5, 5.41) is 3.75. The summed E-state index contributed by atoms with van der Waals surface area (Å²) < 4.78 is 0. The second-order valence-electron chi connectivity index (χ2n) is 3.24. The average molecular weight is 244 g/mol. The van der Waals surface area contributed by atoms with Crippen LogP contribution in [0.15, 0.2) is 24.3 Å². The number of carbonyl (C=O) groups excluding carboxylic acids is 1. The topological polar surface area (TPSA) is 29.1 Å². The van der Waals surface area contributed by atoms with Crippen LogP contribution in [0, 0.1) is 0 Å². The first-order chi connectivity index (χ1) is 7.15. The van der Waals surface area contributed by atoms with E-state index in [-0.39, 0.29) is 5.91 Å². The Kier molecular flexibility index (Phi) is 4.99. The summed E-state index contributed by atoms with van der Waals surface area (Å²) in [6.07, 6.45) is 2.02. The van der Waals surface area contributed by atoms with Gasteiger partial charge < -0.3 is 5.32 Å². The molecule has 1 aromatic rings. The van der Waals surface area contributed by atoms with Crippen LogP contribution in [-0.2, 0) is 0 Å². The molecule has 0 saturated heterocycles. The molecule has 82 valence electrons. The summed E-state index contributed by atoms with van der Waals surface area (Å²) in [6.45, 7) is 2.72. The maximum Gasteiger partial charge on any atom is 0.252 e. The lowest BCUT2D eigenvalue weighted by Gasteiger charge is -2.10. The van der Waals surface area contributed by atoms with Crippen LogP contribution >= 0.6 is 23.4 Å². The van der Waals surface area contributed by atoms with Gasteiger partial charge in [-0.15, -0.1) is 0 Å². The monoisotopic (exact) mass is 243 g/mol. The van der Waals surface area contributed by atoms with Crippen LogP contribution in [0.5, 0.6) is 0 Å². The number of hydrogen-bond acceptors (Lipinski definition) is 2. The third-order valence-corrected chi connectivity index (χ3v) is 3.37. The molecule has 0 radical (unpaired) electrons. The molecule has 1 unspecified atom stereocenters. The smallest absolute Gasteiger partial charge is 0.252 e. The van der Waals surface area contributed by atoms with Crippen molar-refractivity contribution >= 4 is 29.3 Å². The minimum atomic E-state index is -0.110. The molecule has 2 nitrogen and oxygen atoms in total. The van der Waals surface area contributed by atoms with Gasteiger partial charge in [0.1, 0.15) is 0 Å². The van der Waals surface area contributed by atoms with Crippen molar-refractivity contribution < 1.29 is 4.79 Å². The molecule has 0 aliphatic heterocycles. The summed E-state index contributed by atoms with van der Waals surface area (Å²) >= 11 is 7.62. The van der Waals surface area contributed by atoms with Crippen molar-refractivity contribution in [1.29, 1.82) is 0 Å². The van der Waals surface area contributed by atoms with Crippen molar-refractivity contribution in [3.63, 3.8) is 0 Å². The van der Waals surface area contributed by atoms with E-state index in [0.717, 1.165) is 0 Å². The van der Waals surface area contributed by atoms with Crippen molar-refractivity contribution in [2.75, 3.05) is 12.8 Å². The van der Waals surface area contributed by atoms with Gasteiger partial charge in [-0.1, -0.05) is 30.7 Å². The first kappa shape index (κ1) is 12.4. The standard InChI is InChI=1S/C11H14ClNOS/c1-8(15-2)7-13-11(14)9-5-3-4-6-10(9)12/h3-6,8H,7H2,1-2H3,(H,13,14). The predicted molar refractivity (Wildman–Crippen MR) is 66.8 cm³/mol. The zero-order valence-corrected chi connectivity index (χ0v) is 10.4. The molecule has 0 aliphatic rings. The molecule has 0 fully saturated rings. The van der Waals surface area contributed by atoms with E-state index >= 15 is 0 Å². The third kappa shape index (κ3) is 3.76. The van der Waals surface area contributed by atoms with Gasteiger partial charge in [0.2, 0.25) is 0 Å². The summed E-state index contributed by atoms with van der Waals surface area (Å²) in [7, 11) is 0. The Morgan fingerprint density at radius 1 is 1.53 bits per heavy atom. The maximum absolute atomic E-state index is 11.7. The summed E-state index contributed by atoms with van der Waals surface area (Å²) in [6, 6.07) is 7.05. The number of halogens is 1. The third-order valence-electron chi connectivity index (χ3n) is 2.07. The molecule has 0 spiro atoms. The fourth-order valence-corrected chi connectivity index (χ4v) is 1.53. The summed E-state index contributed by atoms with van der Waals surface area (Å²) in [4.78, 5) is 11.7. The molecular weight excluding hydrogens is 230 g/mol. The van der Waals surface area contributed by atoms with Gasteiger partial charge >= 0.3 is 0 Å². The fourth-order valence-electron chi connectivity index (χ4n) is 1.06. The first-order valence-corrected chi connectivity index (χ1v) is 6.37. The van der Waals surface area contributed by atoms with Crippen molar-refractivity contribution in [2.24, 2.45) is 0 Å². The van der Waals surface area contributed by atoms with Crippen molar-refractivity contribution in [3.8, 4) is 0 Å². The quantitative estimate of drug-likeness (QED) is 0.881. The first-order valence-electron chi connectivity index (χ1n) is 4.70. The van der Waals surface area contributed by atoms with Crippen LogP contribution < -0.4 is 5.32 Å². The van der Waals surface area contributed by atoms with Crippen molar-refractivity contribution in [2.45, 2.75) is 12.2 Å². The second-order valence-corrected chi connectivity index (χ2v) is 4.92. The molecule has 0 bridgehead atoms. The highest BCUT2D eigenvalue weighted by Gasteiger charge is 2.09. The Morgan fingerprint density at radius 3 is 2.80 bits per heavy atom. The molecule has 1 atom stereocenters. The molecular formula is C11H14ClNOS. The zero-order chi connectivity index (χ0) is 11.3. The van der Waals surface area contributed by atoms with Crippen LogP contribution in [0.4, 0.5) is 0 Å². The van der Waals surface area contributed by atoms with E-state index in [4.69, 9.17) is 11.6 Å². The normalized spacial score (nSPS) is 12.2. The molecule has 0 heterocycles. The largest absolute Gasteiger partial charge is 0.351 e. The maximum atomic E-state index is 11.7. The molecule has 1 N–H and O–H groups in total. The fraction of sp³-hybridized carbons (Fsp3) is 0.364. The number of amides is 1. The van der Waals surface area contributed by atoms with E-state index < -0.39 is 0 Å². The average Bonchev–Trinajstić information content (AvgIpc) is 2.26. The Balaban J connectivity index is 2.58. The number of nitrogens with one attached hydrogen (secondary N) is 1. The number of thioether (sulfide) groups is 1. The Labute approximate surface area is 99.4 Å². The van der Waals surface area contributed by atoms with Crippen LogP contribution in [-0.4, -0.2) is 24.0 Å². The van der Waals surface area contributed by atoms with Gasteiger partial charge in [0.25, 0.3) is 5.91 Å². The van der Waals surface area contributed by atoms with Gasteiger partial charge in [0.05, 0.1) is 10.6 Å². The van der Waals surface area contributed by atoms with Crippen LogP contribution in [0.25, 0.3) is 0 Å². The lowest BCUT2D eigenvalue weighted by molar-refractivity contribution is 0.0954. The van der Waals surface area contributed by atoms with E-state index in [1.807, 2.05) is 12.3 Å². The van der Waals surface area contributed by atoms with E-state index in [2.05, 4.69) is 12.2 Å². The van der Waals surface area contributed by atoms with Crippen LogP contribution in [0.3, 0.4) is 0 Å². The molecule has 0 aromatic heterocycles. The Bertz CT molecular complexity index is 343. The SMILES string of the molecule is CSC(C)CNC(=O)c1ccccc1Cl. The lowest BCUT2D eigenvalue weighted by atomic mass is 10.2. The van der Waals surface area contributed by atoms with E-state index in [9.17, 15) is 4.79 Å². The van der Waals surface area contributed by atoms with Gasteiger partial charge in [0.15, 0.2) is 0 Å². The Morgan fingerprint density at radius 2 is 2.20 bits per heavy atom. The molecule has 1 rings (SSSR count). The molecule has 1 amide bonds.